The number of carboxylic acids is 1. The molecule has 0 spiro atoms. The van der Waals surface area contributed by atoms with Crippen LogP contribution in [-0.2, 0) is 37.1 Å². The summed E-state index contributed by atoms with van der Waals surface area (Å²) in [4.78, 5) is 67.1. The summed E-state index contributed by atoms with van der Waals surface area (Å²) >= 11 is 14.5. The van der Waals surface area contributed by atoms with Crippen LogP contribution in [0.25, 0.3) is 0 Å². The number of carbonyl (C=O) groups is 5. The largest absolute Gasteiger partial charge is 0.543 e. The van der Waals surface area contributed by atoms with Gasteiger partial charge in [0.1, 0.15) is 11.4 Å². The number of halogens is 3. The average molecular weight is 773 g/mol. The van der Waals surface area contributed by atoms with Gasteiger partial charge >= 0.3 is 0 Å². The molecule has 51 heavy (non-hydrogen) atoms. The summed E-state index contributed by atoms with van der Waals surface area (Å²) in [6, 6.07) is 11.1. The number of hydrogen-bond donors (Lipinski definition) is 3. The van der Waals surface area contributed by atoms with Crippen LogP contribution in [0.15, 0.2) is 88.7 Å². The first-order valence-electron chi connectivity index (χ1n) is 15.4. The SMILES string of the molecule is O=C(C[n+]1ccc(CN2CCC(=CC3=C(C(=O)[O-])N4C(=O)[C@@H](NC(=O)CSc5ccc(Cl)c(Cl)c5)[C@H]4SC3)C2=O)cc1)Nc1ccc(O)c(F)c1. The van der Waals surface area contributed by atoms with Crippen LogP contribution in [-0.4, -0.2) is 74.0 Å². The zero-order chi connectivity index (χ0) is 36.4. The van der Waals surface area contributed by atoms with Gasteiger partial charge in [0.2, 0.25) is 18.4 Å². The van der Waals surface area contributed by atoms with Crippen molar-refractivity contribution in [2.24, 2.45) is 0 Å². The lowest BCUT2D eigenvalue weighted by Crippen LogP contribution is -2.71. The van der Waals surface area contributed by atoms with Crippen molar-refractivity contribution in [3.63, 3.8) is 0 Å². The fourth-order valence-corrected chi connectivity index (χ4v) is 8.12. The molecule has 3 aliphatic rings. The second-order valence-electron chi connectivity index (χ2n) is 11.7. The number of nitrogens with one attached hydrogen (secondary N) is 2. The number of aromatic hydroxyl groups is 1. The quantitative estimate of drug-likeness (QED) is 0.0875. The summed E-state index contributed by atoms with van der Waals surface area (Å²) in [7, 11) is 0. The molecule has 2 atom stereocenters. The van der Waals surface area contributed by atoms with E-state index >= 15 is 0 Å². The van der Waals surface area contributed by atoms with Crippen molar-refractivity contribution in [2.45, 2.75) is 35.8 Å². The summed E-state index contributed by atoms with van der Waals surface area (Å²) in [6.07, 6.45) is 5.22. The summed E-state index contributed by atoms with van der Waals surface area (Å²) in [5, 5.41) is 26.9. The molecule has 17 heteroatoms. The van der Waals surface area contributed by atoms with E-state index in [1.165, 1.54) is 35.7 Å². The van der Waals surface area contributed by atoms with E-state index < -0.39 is 46.7 Å². The van der Waals surface area contributed by atoms with Crippen LogP contribution in [0, 0.1) is 5.82 Å². The molecule has 264 valence electrons. The number of fused-ring (bicyclic) bond motifs is 1. The topological polar surface area (TPSA) is 163 Å². The lowest BCUT2D eigenvalue weighted by atomic mass is 10.0. The van der Waals surface area contributed by atoms with Gasteiger partial charge in [0.15, 0.2) is 24.0 Å². The van der Waals surface area contributed by atoms with E-state index in [4.69, 9.17) is 23.2 Å². The van der Waals surface area contributed by atoms with Crippen molar-refractivity contribution in [2.75, 3.05) is 23.4 Å². The van der Waals surface area contributed by atoms with Gasteiger partial charge in [-0.1, -0.05) is 23.2 Å². The Morgan fingerprint density at radius 3 is 2.55 bits per heavy atom. The normalized spacial score (nSPS) is 19.2. The highest BCUT2D eigenvalue weighted by atomic mass is 35.5. The molecule has 3 N–H and O–H groups in total. The monoisotopic (exact) mass is 771 g/mol. The minimum Gasteiger partial charge on any atom is -0.543 e. The number of aliphatic carboxylic acids is 1. The predicted molar refractivity (Wildman–Crippen MR) is 186 cm³/mol. The van der Waals surface area contributed by atoms with Gasteiger partial charge in [-0.2, -0.15) is 4.57 Å². The van der Waals surface area contributed by atoms with Gasteiger partial charge in [0, 0.05) is 53.2 Å². The first-order chi connectivity index (χ1) is 24.4. The molecule has 3 aliphatic heterocycles. The van der Waals surface area contributed by atoms with Crippen molar-refractivity contribution in [1.82, 2.24) is 15.1 Å². The molecule has 0 unspecified atom stereocenters. The Bertz CT molecular complexity index is 2010. The molecule has 2 aromatic carbocycles. The van der Waals surface area contributed by atoms with E-state index in [9.17, 15) is 38.6 Å². The number of nitrogens with zero attached hydrogens (tertiary/aromatic N) is 3. The van der Waals surface area contributed by atoms with Gasteiger partial charge in [-0.3, -0.25) is 24.1 Å². The minimum atomic E-state index is -1.55. The lowest BCUT2D eigenvalue weighted by Gasteiger charge is -2.50. The van der Waals surface area contributed by atoms with Crippen LogP contribution in [0.5, 0.6) is 5.75 Å². The van der Waals surface area contributed by atoms with Crippen LogP contribution in [0.2, 0.25) is 10.0 Å². The molecule has 0 aliphatic carbocycles. The third-order valence-corrected chi connectivity index (χ3v) is 11.3. The number of rotatable bonds is 11. The molecule has 6 rings (SSSR count). The van der Waals surface area contributed by atoms with E-state index in [0.717, 1.165) is 27.5 Å². The Hall–Kier alpha value is -4.57. The van der Waals surface area contributed by atoms with Gasteiger partial charge in [-0.15, -0.1) is 23.5 Å². The van der Waals surface area contributed by atoms with Crippen LogP contribution in [0.4, 0.5) is 10.1 Å². The Kier molecular flexibility index (Phi) is 10.9. The summed E-state index contributed by atoms with van der Waals surface area (Å²) < 4.78 is 15.2. The predicted octanol–water partition coefficient (Wildman–Crippen LogP) is 2.62. The second kappa shape index (κ2) is 15.4. The average Bonchev–Trinajstić information content (AvgIpc) is 3.43. The number of likely N-dealkylation sites (tertiary alicyclic amines) is 1. The molecule has 0 bridgehead atoms. The molecule has 2 saturated heterocycles. The molecule has 1 aromatic heterocycles. The fraction of sp³-hybridized carbons (Fsp3) is 0.235. The maximum absolute atomic E-state index is 13.6. The first kappa shape index (κ1) is 36.2. The molecule has 4 amide bonds. The van der Waals surface area contributed by atoms with E-state index in [2.05, 4.69) is 10.6 Å². The molecule has 3 aromatic rings. The second-order valence-corrected chi connectivity index (χ2v) is 14.7. The van der Waals surface area contributed by atoms with Crippen LogP contribution in [0.1, 0.15) is 12.0 Å². The Morgan fingerprint density at radius 2 is 1.84 bits per heavy atom. The van der Waals surface area contributed by atoms with Crippen molar-refractivity contribution >= 4 is 82.0 Å². The maximum atomic E-state index is 13.6. The van der Waals surface area contributed by atoms with Crippen molar-refractivity contribution in [3.05, 3.63) is 105 Å². The molecular weight excluding hydrogens is 744 g/mol. The van der Waals surface area contributed by atoms with Crippen LogP contribution >= 0.6 is 46.7 Å². The maximum Gasteiger partial charge on any atom is 0.290 e. The smallest absolute Gasteiger partial charge is 0.290 e. The Morgan fingerprint density at radius 1 is 1.08 bits per heavy atom. The summed E-state index contributed by atoms with van der Waals surface area (Å²) in [6.45, 7) is 0.610. The number of amides is 4. The highest BCUT2D eigenvalue weighted by Crippen LogP contribution is 2.41. The summed E-state index contributed by atoms with van der Waals surface area (Å²) in [5.74, 6) is -4.40. The van der Waals surface area contributed by atoms with Crippen LogP contribution < -0.4 is 20.3 Å². The Balaban J connectivity index is 1.04. The molecular formula is C34H28Cl2FN5O7S2. The number of benzene rings is 2. The molecule has 0 radical (unpaired) electrons. The van der Waals surface area contributed by atoms with Crippen LogP contribution in [0.3, 0.4) is 0 Å². The number of phenols is 1. The fourth-order valence-electron chi connectivity index (χ4n) is 5.71. The standard InChI is InChI=1S/C34H28Cl2FN5O7S2/c35-23-3-2-22(13-24(23)36)50-17-28(45)39-29-32(47)42-30(34(48)49)20(16-51-33(29)42)11-19-7-10-41(31(19)46)14-18-5-8-40(9-6-18)15-27(44)38-21-1-4-26(43)25(37)12-21/h1-6,8-9,11-13,29,33H,7,10,14-17H2,(H3-,38,39,43,44,45,48,49)/t29-,33-/m1/s1. The van der Waals surface area contributed by atoms with E-state index in [1.807, 2.05) is 0 Å². The molecule has 2 fully saturated rings. The van der Waals surface area contributed by atoms with Gasteiger partial charge in [-0.05, 0) is 54.0 Å². The minimum absolute atomic E-state index is 0.00372. The number of pyridine rings is 1. The van der Waals surface area contributed by atoms with Crippen molar-refractivity contribution in [1.29, 1.82) is 0 Å². The summed E-state index contributed by atoms with van der Waals surface area (Å²) in [5.41, 5.74) is 1.36. The number of carboxylic acid groups (broad SMARTS) is 1. The van der Waals surface area contributed by atoms with Gasteiger partial charge < -0.3 is 30.5 Å². The number of carbonyl (C=O) groups excluding carboxylic acids is 5. The molecule has 4 heterocycles. The highest BCUT2D eigenvalue weighted by Gasteiger charge is 2.52. The van der Waals surface area contributed by atoms with Gasteiger partial charge in [-0.25, -0.2) is 4.39 Å². The number of aromatic nitrogens is 1. The zero-order valence-corrected chi connectivity index (χ0v) is 29.6. The zero-order valence-electron chi connectivity index (χ0n) is 26.4. The van der Waals surface area contributed by atoms with E-state index in [1.54, 1.807) is 52.2 Å². The van der Waals surface area contributed by atoms with E-state index in [-0.39, 0.29) is 47.5 Å². The number of thioether (sulfide) groups is 2. The first-order valence-corrected chi connectivity index (χ1v) is 18.2. The third-order valence-electron chi connectivity index (χ3n) is 8.22. The van der Waals surface area contributed by atoms with Gasteiger partial charge in [0.25, 0.3) is 11.8 Å². The van der Waals surface area contributed by atoms with Gasteiger partial charge in [0.05, 0.1) is 27.5 Å². The lowest BCUT2D eigenvalue weighted by molar-refractivity contribution is -0.684. The number of anilines is 1. The van der Waals surface area contributed by atoms with Crippen molar-refractivity contribution < 1.29 is 43.1 Å². The molecule has 0 saturated carbocycles. The third kappa shape index (κ3) is 8.17. The Labute approximate surface area is 309 Å². The van der Waals surface area contributed by atoms with Crippen molar-refractivity contribution in [3.8, 4) is 5.75 Å². The number of β-lactam (4-membered cyclic amide) rings is 1. The van der Waals surface area contributed by atoms with E-state index in [0.29, 0.717) is 28.6 Å². The number of hydrogen-bond acceptors (Lipinski definition) is 9. The number of allylic oxidation sites excluding steroid dienone is 1. The highest BCUT2D eigenvalue weighted by molar-refractivity contribution is 8.00. The number of phenolic OH excluding ortho intramolecular Hbond substituents is 1. The molecule has 12 nitrogen and oxygen atoms in total.